The Hall–Kier alpha value is -4.17. The van der Waals surface area contributed by atoms with E-state index in [0.717, 1.165) is 45.9 Å². The summed E-state index contributed by atoms with van der Waals surface area (Å²) in [5.41, 5.74) is 3.46. The summed E-state index contributed by atoms with van der Waals surface area (Å²) >= 11 is 0. The molecule has 0 radical (unpaired) electrons. The molecule has 4 saturated carbocycles. The molecule has 3 aromatic carbocycles. The van der Waals surface area contributed by atoms with Gasteiger partial charge in [-0.25, -0.2) is 0 Å². The molecule has 3 N–H and O–H groups in total. The lowest BCUT2D eigenvalue weighted by Gasteiger charge is -2.57. The van der Waals surface area contributed by atoms with Crippen molar-refractivity contribution in [3.8, 4) is 22.6 Å². The van der Waals surface area contributed by atoms with Crippen LogP contribution < -0.4 is 20.1 Å². The van der Waals surface area contributed by atoms with Crippen LogP contribution in [0.5, 0.6) is 11.5 Å². The summed E-state index contributed by atoms with van der Waals surface area (Å²) in [5, 5.41) is 15.2. The molecule has 3 aromatic rings. The lowest BCUT2D eigenvalue weighted by molar-refractivity contribution is -0.137. The van der Waals surface area contributed by atoms with E-state index in [4.69, 9.17) is 9.47 Å². The first-order chi connectivity index (χ1) is 21.8. The monoisotopic (exact) mass is 610 g/mol. The predicted molar refractivity (Wildman–Crippen MR) is 171 cm³/mol. The minimum absolute atomic E-state index is 0.138. The summed E-state index contributed by atoms with van der Waals surface area (Å²) in [6.07, 6.45) is 7.55. The van der Waals surface area contributed by atoms with Crippen molar-refractivity contribution in [2.75, 3.05) is 13.7 Å². The molecule has 7 rings (SSSR count). The number of carboxylic acids is 1. The molecule has 0 unspecified atom stereocenters. The van der Waals surface area contributed by atoms with Crippen molar-refractivity contribution < 1.29 is 29.0 Å². The molecule has 2 amide bonds. The highest BCUT2D eigenvalue weighted by atomic mass is 16.5. The number of hydrogen-bond acceptors (Lipinski definition) is 6. The molecule has 0 saturated heterocycles. The smallest absolute Gasteiger partial charge is 0.303 e. The van der Waals surface area contributed by atoms with E-state index in [1.165, 1.54) is 38.5 Å². The predicted octanol–water partition coefficient (Wildman–Crippen LogP) is 6.24. The molecule has 4 bridgehead atoms. The zero-order valence-electron chi connectivity index (χ0n) is 25.8. The molecule has 0 spiro atoms. The number of imide groups is 1. The minimum Gasteiger partial charge on any atom is -0.497 e. The molecule has 4 fully saturated rings. The fraction of sp³-hybridized carbons (Fsp3) is 0.432. The largest absolute Gasteiger partial charge is 0.497 e. The number of nitrogens with one attached hydrogen (secondary N) is 2. The van der Waals surface area contributed by atoms with E-state index >= 15 is 0 Å². The first kappa shape index (κ1) is 30.8. The Bertz CT molecular complexity index is 1480. The summed E-state index contributed by atoms with van der Waals surface area (Å²) in [7, 11) is 1.64. The van der Waals surface area contributed by atoms with Crippen LogP contribution in [0.3, 0.4) is 0 Å². The highest BCUT2D eigenvalue weighted by Gasteiger charge is 2.50. The zero-order valence-corrected chi connectivity index (χ0v) is 25.8. The number of rotatable bonds is 13. The molecule has 8 heteroatoms. The standard InChI is InChI=1S/C37H42N2O6/c1-44-32-4-2-3-24(18-32)22-45-31-11-9-29(10-12-31)28-5-7-30(8-6-28)35(42)39-36(43)33(13-14-34(40)41)38-23-37-19-25-15-26(20-37)17-27(16-25)21-37/h2-12,18,25-27,33,38H,13-17,19-23H2,1H3,(H,40,41)(H,39,42,43)/t25?,26?,27?,33-,37?/m0/s1. The van der Waals surface area contributed by atoms with Crippen LogP contribution in [0.25, 0.3) is 11.1 Å². The van der Waals surface area contributed by atoms with Crippen LogP contribution in [-0.4, -0.2) is 42.6 Å². The van der Waals surface area contributed by atoms with Crippen molar-refractivity contribution in [2.45, 2.75) is 64.0 Å². The Labute approximate surface area is 264 Å². The topological polar surface area (TPSA) is 114 Å². The van der Waals surface area contributed by atoms with E-state index in [1.54, 1.807) is 19.2 Å². The summed E-state index contributed by atoms with van der Waals surface area (Å²) in [4.78, 5) is 37.6. The molecular formula is C37H42N2O6. The van der Waals surface area contributed by atoms with Gasteiger partial charge >= 0.3 is 5.97 Å². The normalized spacial score (nSPS) is 23.7. The van der Waals surface area contributed by atoms with E-state index in [0.29, 0.717) is 18.7 Å². The van der Waals surface area contributed by atoms with Crippen LogP contribution in [0.4, 0.5) is 0 Å². The first-order valence-corrected chi connectivity index (χ1v) is 16.0. The van der Waals surface area contributed by atoms with Crippen molar-refractivity contribution in [2.24, 2.45) is 23.2 Å². The number of aliphatic carboxylic acids is 1. The third-order valence-electron chi connectivity index (χ3n) is 9.96. The van der Waals surface area contributed by atoms with Gasteiger partial charge in [0.25, 0.3) is 5.91 Å². The van der Waals surface area contributed by atoms with Crippen LogP contribution in [-0.2, 0) is 16.2 Å². The third-order valence-corrected chi connectivity index (χ3v) is 9.96. The molecule has 1 atom stereocenters. The molecule has 236 valence electrons. The Morgan fingerprint density at radius 3 is 2.09 bits per heavy atom. The van der Waals surface area contributed by atoms with E-state index < -0.39 is 23.8 Å². The van der Waals surface area contributed by atoms with Crippen LogP contribution in [0, 0.1) is 23.2 Å². The quantitative estimate of drug-likeness (QED) is 0.210. The van der Waals surface area contributed by atoms with Crippen molar-refractivity contribution in [1.29, 1.82) is 0 Å². The number of carboxylic acid groups (broad SMARTS) is 1. The second kappa shape index (κ2) is 13.4. The molecular weight excluding hydrogens is 568 g/mol. The Morgan fingerprint density at radius 2 is 1.49 bits per heavy atom. The van der Waals surface area contributed by atoms with Crippen LogP contribution >= 0.6 is 0 Å². The molecule has 0 aromatic heterocycles. The van der Waals surface area contributed by atoms with Gasteiger partial charge in [-0.1, -0.05) is 36.4 Å². The van der Waals surface area contributed by atoms with Gasteiger partial charge in [0.05, 0.1) is 13.2 Å². The van der Waals surface area contributed by atoms with Crippen LogP contribution in [0.15, 0.2) is 72.8 Å². The number of benzene rings is 3. The number of hydrogen-bond donors (Lipinski definition) is 3. The number of methoxy groups -OCH3 is 1. The zero-order chi connectivity index (χ0) is 31.4. The maximum Gasteiger partial charge on any atom is 0.303 e. The van der Waals surface area contributed by atoms with Gasteiger partial charge in [-0.05, 0) is 121 Å². The third kappa shape index (κ3) is 7.56. The van der Waals surface area contributed by atoms with Gasteiger partial charge < -0.3 is 19.9 Å². The number of carbonyl (C=O) groups is 3. The van der Waals surface area contributed by atoms with Gasteiger partial charge in [0.2, 0.25) is 5.91 Å². The van der Waals surface area contributed by atoms with E-state index in [9.17, 15) is 19.5 Å². The second-order valence-electron chi connectivity index (χ2n) is 13.3. The van der Waals surface area contributed by atoms with E-state index in [-0.39, 0.29) is 18.3 Å². The lowest BCUT2D eigenvalue weighted by Crippen LogP contribution is -2.54. The maximum absolute atomic E-state index is 13.2. The Morgan fingerprint density at radius 1 is 0.867 bits per heavy atom. The number of amides is 2. The summed E-state index contributed by atoms with van der Waals surface area (Å²) < 4.78 is 11.2. The highest BCUT2D eigenvalue weighted by Crippen LogP contribution is 2.59. The van der Waals surface area contributed by atoms with Crippen LogP contribution in [0.2, 0.25) is 0 Å². The highest BCUT2D eigenvalue weighted by molar-refractivity contribution is 6.06. The summed E-state index contributed by atoms with van der Waals surface area (Å²) in [6, 6.07) is 21.8. The van der Waals surface area contributed by atoms with E-state index in [2.05, 4.69) is 10.6 Å². The molecule has 0 aliphatic heterocycles. The fourth-order valence-corrected chi connectivity index (χ4v) is 8.20. The van der Waals surface area contributed by atoms with Crippen molar-refractivity contribution in [1.82, 2.24) is 10.6 Å². The van der Waals surface area contributed by atoms with Crippen molar-refractivity contribution >= 4 is 17.8 Å². The number of ether oxygens (including phenoxy) is 2. The molecule has 8 nitrogen and oxygen atoms in total. The molecule has 45 heavy (non-hydrogen) atoms. The van der Waals surface area contributed by atoms with Gasteiger partial charge in [0, 0.05) is 18.5 Å². The maximum atomic E-state index is 13.2. The fourth-order valence-electron chi connectivity index (χ4n) is 8.20. The number of carbonyl (C=O) groups excluding carboxylic acids is 2. The van der Waals surface area contributed by atoms with Gasteiger partial charge in [-0.2, -0.15) is 0 Å². The Balaban J connectivity index is 1.03. The van der Waals surface area contributed by atoms with Gasteiger partial charge in [0.15, 0.2) is 0 Å². The van der Waals surface area contributed by atoms with E-state index in [1.807, 2.05) is 60.7 Å². The average molecular weight is 611 g/mol. The minimum atomic E-state index is -0.956. The SMILES string of the molecule is COc1cccc(COc2ccc(-c3ccc(C(=O)NC(=O)[C@H](CCC(=O)O)NCC45CC6CC(CC(C6)C4)C5)cc3)cc2)c1. The Kier molecular flexibility index (Phi) is 9.21. The van der Waals surface area contributed by atoms with Gasteiger partial charge in [0.1, 0.15) is 18.1 Å². The van der Waals surface area contributed by atoms with Crippen LogP contribution in [0.1, 0.15) is 67.3 Å². The van der Waals surface area contributed by atoms with Crippen molar-refractivity contribution in [3.05, 3.63) is 83.9 Å². The summed E-state index contributed by atoms with van der Waals surface area (Å²) in [6.45, 7) is 1.12. The molecule has 4 aliphatic rings. The average Bonchev–Trinajstić information content (AvgIpc) is 3.03. The molecule has 4 aliphatic carbocycles. The van der Waals surface area contributed by atoms with Gasteiger partial charge in [-0.3, -0.25) is 19.7 Å². The lowest BCUT2D eigenvalue weighted by atomic mass is 9.49. The summed E-state index contributed by atoms with van der Waals surface area (Å²) in [5.74, 6) is 1.95. The van der Waals surface area contributed by atoms with Crippen molar-refractivity contribution in [3.63, 3.8) is 0 Å². The van der Waals surface area contributed by atoms with Gasteiger partial charge in [-0.15, -0.1) is 0 Å². The second-order valence-corrected chi connectivity index (χ2v) is 13.3. The first-order valence-electron chi connectivity index (χ1n) is 16.0. The molecule has 0 heterocycles.